The first kappa shape index (κ1) is 14.0. The van der Waals surface area contributed by atoms with Gasteiger partial charge in [-0.25, -0.2) is 0 Å². The predicted molar refractivity (Wildman–Crippen MR) is 72.8 cm³/mol. The van der Waals surface area contributed by atoms with Gasteiger partial charge in [0.15, 0.2) is 0 Å². The molecule has 1 fully saturated rings. The Hall–Kier alpha value is -1.39. The highest BCUT2D eigenvalue weighted by Gasteiger charge is 2.26. The summed E-state index contributed by atoms with van der Waals surface area (Å²) < 4.78 is 5.14. The smallest absolute Gasteiger partial charge is 0.304 e. The molecule has 2 rings (SSSR count). The number of benzene rings is 1. The van der Waals surface area contributed by atoms with Crippen LogP contribution in [0.15, 0.2) is 24.3 Å². The van der Waals surface area contributed by atoms with Crippen molar-refractivity contribution in [3.63, 3.8) is 0 Å². The van der Waals surface area contributed by atoms with Crippen molar-refractivity contribution in [2.75, 3.05) is 13.7 Å². The molecule has 0 aromatic heterocycles. The van der Waals surface area contributed by atoms with E-state index in [1.165, 1.54) is 5.56 Å². The Morgan fingerprint density at radius 2 is 2.26 bits per heavy atom. The minimum Gasteiger partial charge on any atom is -0.481 e. The third kappa shape index (κ3) is 4.04. The number of ether oxygens (including phenoxy) is 1. The second-order valence-corrected chi connectivity index (χ2v) is 5.12. The molecule has 0 bridgehead atoms. The van der Waals surface area contributed by atoms with Crippen LogP contribution in [0.5, 0.6) is 0 Å². The summed E-state index contributed by atoms with van der Waals surface area (Å²) in [6.45, 7) is 2.44. The Kier molecular flexibility index (Phi) is 4.93. The molecule has 0 radical (unpaired) electrons. The van der Waals surface area contributed by atoms with Crippen molar-refractivity contribution < 1.29 is 14.6 Å². The number of hydrogen-bond acceptors (Lipinski definition) is 3. The maximum atomic E-state index is 10.8. The van der Waals surface area contributed by atoms with Crippen LogP contribution in [0.2, 0.25) is 0 Å². The Balaban J connectivity index is 1.99. The zero-order valence-electron chi connectivity index (χ0n) is 11.3. The predicted octanol–water partition coefficient (Wildman–Crippen LogP) is 2.27. The first-order valence-electron chi connectivity index (χ1n) is 6.71. The van der Waals surface area contributed by atoms with Crippen LogP contribution < -0.4 is 0 Å². The first-order chi connectivity index (χ1) is 9.19. The van der Waals surface area contributed by atoms with Crippen LogP contribution in [0.25, 0.3) is 0 Å². The summed E-state index contributed by atoms with van der Waals surface area (Å²) in [6.07, 6.45) is 2.33. The van der Waals surface area contributed by atoms with E-state index in [0.29, 0.717) is 6.61 Å². The van der Waals surface area contributed by atoms with Gasteiger partial charge in [-0.2, -0.15) is 0 Å². The molecule has 1 saturated heterocycles. The van der Waals surface area contributed by atoms with Gasteiger partial charge in [-0.3, -0.25) is 9.69 Å². The molecule has 104 valence electrons. The number of rotatable bonds is 6. The molecule has 1 aromatic carbocycles. The number of methoxy groups -OCH3 is 1. The lowest BCUT2D eigenvalue weighted by molar-refractivity contribution is -0.138. The van der Waals surface area contributed by atoms with Crippen molar-refractivity contribution in [2.24, 2.45) is 0 Å². The number of likely N-dealkylation sites (tertiary alicyclic amines) is 1. The Morgan fingerprint density at radius 3 is 3.00 bits per heavy atom. The Morgan fingerprint density at radius 1 is 1.47 bits per heavy atom. The quantitative estimate of drug-likeness (QED) is 0.855. The molecule has 1 aliphatic rings. The van der Waals surface area contributed by atoms with Crippen molar-refractivity contribution in [3.05, 3.63) is 35.4 Å². The molecular formula is C15H21NO3. The van der Waals surface area contributed by atoms with Gasteiger partial charge in [0.05, 0.1) is 13.0 Å². The van der Waals surface area contributed by atoms with Crippen LogP contribution in [0.1, 0.15) is 30.4 Å². The minimum atomic E-state index is -0.704. The highest BCUT2D eigenvalue weighted by Crippen LogP contribution is 2.22. The summed E-state index contributed by atoms with van der Waals surface area (Å²) in [4.78, 5) is 13.1. The number of hydrogen-bond donors (Lipinski definition) is 1. The molecule has 0 aliphatic carbocycles. The second-order valence-electron chi connectivity index (χ2n) is 5.12. The van der Waals surface area contributed by atoms with Gasteiger partial charge in [0.1, 0.15) is 0 Å². The van der Waals surface area contributed by atoms with E-state index >= 15 is 0 Å². The lowest BCUT2D eigenvalue weighted by Gasteiger charge is -2.23. The molecule has 0 amide bonds. The summed E-state index contributed by atoms with van der Waals surface area (Å²) in [7, 11) is 1.69. The number of carboxylic acid groups (broad SMARTS) is 1. The van der Waals surface area contributed by atoms with Gasteiger partial charge < -0.3 is 9.84 Å². The molecule has 1 heterocycles. The van der Waals surface area contributed by atoms with Gasteiger partial charge in [-0.05, 0) is 30.5 Å². The third-order valence-electron chi connectivity index (χ3n) is 3.60. The number of carbonyl (C=O) groups is 1. The standard InChI is InChI=1S/C15H21NO3/c1-19-11-13-5-2-4-12(8-13)10-16-7-3-6-14(16)9-15(17)18/h2,4-5,8,14H,3,6-7,9-11H2,1H3,(H,17,18). The SMILES string of the molecule is COCc1cccc(CN2CCCC2CC(=O)O)c1. The first-order valence-corrected chi connectivity index (χ1v) is 6.71. The molecule has 4 nitrogen and oxygen atoms in total. The summed E-state index contributed by atoms with van der Waals surface area (Å²) in [5.41, 5.74) is 2.39. The molecule has 4 heteroatoms. The fourth-order valence-electron chi connectivity index (χ4n) is 2.76. The topological polar surface area (TPSA) is 49.8 Å². The molecule has 1 aliphatic heterocycles. The Bertz CT molecular complexity index is 433. The molecule has 1 unspecified atom stereocenters. The third-order valence-corrected chi connectivity index (χ3v) is 3.60. The van der Waals surface area contributed by atoms with E-state index in [0.717, 1.165) is 31.5 Å². The normalized spacial score (nSPS) is 19.7. The summed E-state index contributed by atoms with van der Waals surface area (Å²) in [6, 6.07) is 8.50. The van der Waals surface area contributed by atoms with Crippen molar-refractivity contribution in [1.29, 1.82) is 0 Å². The van der Waals surface area contributed by atoms with Crippen molar-refractivity contribution in [1.82, 2.24) is 4.90 Å². The van der Waals surface area contributed by atoms with Crippen molar-refractivity contribution in [3.8, 4) is 0 Å². The van der Waals surface area contributed by atoms with E-state index in [4.69, 9.17) is 9.84 Å². The lowest BCUT2D eigenvalue weighted by atomic mass is 10.1. The van der Waals surface area contributed by atoms with E-state index in [-0.39, 0.29) is 12.5 Å². The molecule has 0 saturated carbocycles. The zero-order valence-corrected chi connectivity index (χ0v) is 11.3. The molecule has 1 aromatic rings. The van der Waals surface area contributed by atoms with Crippen LogP contribution in [0.4, 0.5) is 0 Å². The highest BCUT2D eigenvalue weighted by molar-refractivity contribution is 5.67. The summed E-state index contributed by atoms with van der Waals surface area (Å²) in [5, 5.41) is 8.93. The lowest BCUT2D eigenvalue weighted by Crippen LogP contribution is -2.30. The minimum absolute atomic E-state index is 0.184. The van der Waals surface area contributed by atoms with E-state index in [2.05, 4.69) is 17.0 Å². The molecular weight excluding hydrogens is 242 g/mol. The van der Waals surface area contributed by atoms with Crippen molar-refractivity contribution >= 4 is 5.97 Å². The van der Waals surface area contributed by atoms with E-state index < -0.39 is 5.97 Å². The molecule has 19 heavy (non-hydrogen) atoms. The average Bonchev–Trinajstić information content (AvgIpc) is 2.77. The Labute approximate surface area is 114 Å². The highest BCUT2D eigenvalue weighted by atomic mass is 16.5. The maximum Gasteiger partial charge on any atom is 0.304 e. The van der Waals surface area contributed by atoms with Crippen LogP contribution in [-0.4, -0.2) is 35.7 Å². The van der Waals surface area contributed by atoms with Crippen molar-refractivity contribution in [2.45, 2.75) is 38.5 Å². The average molecular weight is 263 g/mol. The second kappa shape index (κ2) is 6.68. The van der Waals surface area contributed by atoms with Gasteiger partial charge in [0, 0.05) is 19.7 Å². The molecule has 1 atom stereocenters. The summed E-state index contributed by atoms with van der Waals surface area (Å²) in [5.74, 6) is -0.704. The number of aliphatic carboxylic acids is 1. The molecule has 0 spiro atoms. The van der Waals surface area contributed by atoms with Gasteiger partial charge in [0.25, 0.3) is 0 Å². The number of nitrogens with zero attached hydrogens (tertiary/aromatic N) is 1. The fourth-order valence-corrected chi connectivity index (χ4v) is 2.76. The van der Waals surface area contributed by atoms with Gasteiger partial charge >= 0.3 is 5.97 Å². The molecule has 1 N–H and O–H groups in total. The largest absolute Gasteiger partial charge is 0.481 e. The summed E-state index contributed by atoms with van der Waals surface area (Å²) >= 11 is 0. The number of carboxylic acids is 1. The zero-order chi connectivity index (χ0) is 13.7. The monoisotopic (exact) mass is 263 g/mol. The maximum absolute atomic E-state index is 10.8. The van der Waals surface area contributed by atoms with Gasteiger partial charge in [-0.15, -0.1) is 0 Å². The fraction of sp³-hybridized carbons (Fsp3) is 0.533. The van der Waals surface area contributed by atoms with Crippen LogP contribution in [0, 0.1) is 0 Å². The van der Waals surface area contributed by atoms with Crippen LogP contribution in [0.3, 0.4) is 0 Å². The van der Waals surface area contributed by atoms with E-state index in [1.54, 1.807) is 7.11 Å². The van der Waals surface area contributed by atoms with Crippen LogP contribution in [-0.2, 0) is 22.7 Å². The van der Waals surface area contributed by atoms with Gasteiger partial charge in [-0.1, -0.05) is 24.3 Å². The van der Waals surface area contributed by atoms with E-state index in [1.807, 2.05) is 12.1 Å². The van der Waals surface area contributed by atoms with Gasteiger partial charge in [0.2, 0.25) is 0 Å². The van der Waals surface area contributed by atoms with E-state index in [9.17, 15) is 4.79 Å². The van der Waals surface area contributed by atoms with Crippen LogP contribution >= 0.6 is 0 Å².